The summed E-state index contributed by atoms with van der Waals surface area (Å²) in [7, 11) is 0. The van der Waals surface area contributed by atoms with Crippen molar-refractivity contribution in [2.75, 3.05) is 0 Å². The van der Waals surface area contributed by atoms with Crippen LogP contribution in [-0.2, 0) is 6.42 Å². The van der Waals surface area contributed by atoms with Gasteiger partial charge in [-0.2, -0.15) is 11.3 Å². The molecule has 0 aliphatic carbocycles. The van der Waals surface area contributed by atoms with Gasteiger partial charge in [-0.3, -0.25) is 0 Å². The zero-order valence-electron chi connectivity index (χ0n) is 8.86. The highest BCUT2D eigenvalue weighted by atomic mass is 32.1. The third-order valence-electron chi connectivity index (χ3n) is 2.45. The molecule has 0 radical (unpaired) electrons. The van der Waals surface area contributed by atoms with Gasteiger partial charge in [0.15, 0.2) is 0 Å². The van der Waals surface area contributed by atoms with Crippen LogP contribution in [0.1, 0.15) is 28.8 Å². The Morgan fingerprint density at radius 2 is 2.27 bits per heavy atom. The number of hydrogen-bond donors (Lipinski definition) is 1. The van der Waals surface area contributed by atoms with E-state index < -0.39 is 6.10 Å². The molecular formula is C12H14O2S. The van der Waals surface area contributed by atoms with E-state index in [0.717, 1.165) is 17.1 Å². The highest BCUT2D eigenvalue weighted by Crippen LogP contribution is 2.25. The fraction of sp³-hybridized carbons (Fsp3) is 0.333. The summed E-state index contributed by atoms with van der Waals surface area (Å²) in [5.41, 5.74) is 2.07. The van der Waals surface area contributed by atoms with E-state index in [1.54, 1.807) is 11.3 Å². The molecule has 0 amide bonds. The molecule has 0 aromatic carbocycles. The summed E-state index contributed by atoms with van der Waals surface area (Å²) in [5, 5.41) is 14.1. The summed E-state index contributed by atoms with van der Waals surface area (Å²) in [6.07, 6.45) is 0.195. The SMILES string of the molecule is Cc1cc(C(O)Cc2ccsc2)c(C)o1. The molecule has 2 heterocycles. The molecule has 0 bridgehead atoms. The molecule has 80 valence electrons. The van der Waals surface area contributed by atoms with Gasteiger partial charge in [0.05, 0.1) is 6.10 Å². The Hall–Kier alpha value is -1.06. The average Bonchev–Trinajstić information content (AvgIpc) is 2.75. The second-order valence-electron chi connectivity index (χ2n) is 3.72. The van der Waals surface area contributed by atoms with E-state index in [1.807, 2.05) is 31.4 Å². The molecule has 0 saturated heterocycles. The van der Waals surface area contributed by atoms with Crippen molar-refractivity contribution in [3.8, 4) is 0 Å². The van der Waals surface area contributed by atoms with Gasteiger partial charge >= 0.3 is 0 Å². The lowest BCUT2D eigenvalue weighted by Crippen LogP contribution is -2.00. The van der Waals surface area contributed by atoms with Crippen molar-refractivity contribution in [3.05, 3.63) is 45.5 Å². The van der Waals surface area contributed by atoms with Gasteiger partial charge in [-0.25, -0.2) is 0 Å². The van der Waals surface area contributed by atoms with E-state index in [2.05, 4.69) is 5.38 Å². The first-order valence-corrected chi connectivity index (χ1v) is 5.87. The van der Waals surface area contributed by atoms with E-state index in [0.29, 0.717) is 6.42 Å². The fourth-order valence-corrected chi connectivity index (χ4v) is 2.40. The molecule has 1 atom stereocenters. The second-order valence-corrected chi connectivity index (χ2v) is 4.50. The highest BCUT2D eigenvalue weighted by Gasteiger charge is 2.14. The van der Waals surface area contributed by atoms with Crippen molar-refractivity contribution in [1.29, 1.82) is 0 Å². The Kier molecular flexibility index (Phi) is 2.93. The first-order valence-electron chi connectivity index (χ1n) is 4.93. The number of furan rings is 1. The van der Waals surface area contributed by atoms with Gasteiger partial charge in [0.2, 0.25) is 0 Å². The molecule has 0 spiro atoms. The number of aliphatic hydroxyl groups excluding tert-OH is 1. The Morgan fingerprint density at radius 3 is 2.80 bits per heavy atom. The number of thiophene rings is 1. The minimum atomic E-state index is -0.461. The molecule has 0 aliphatic rings. The Balaban J connectivity index is 2.14. The summed E-state index contributed by atoms with van der Waals surface area (Å²) in [5.74, 6) is 1.67. The number of aryl methyl sites for hydroxylation is 2. The summed E-state index contributed by atoms with van der Waals surface area (Å²) in [4.78, 5) is 0. The van der Waals surface area contributed by atoms with E-state index in [4.69, 9.17) is 4.42 Å². The smallest absolute Gasteiger partial charge is 0.106 e. The lowest BCUT2D eigenvalue weighted by molar-refractivity contribution is 0.176. The van der Waals surface area contributed by atoms with Gasteiger partial charge in [0.1, 0.15) is 11.5 Å². The molecule has 0 aliphatic heterocycles. The summed E-state index contributed by atoms with van der Waals surface area (Å²) in [6, 6.07) is 3.95. The van der Waals surface area contributed by atoms with Gasteiger partial charge in [0, 0.05) is 12.0 Å². The molecule has 1 unspecified atom stereocenters. The van der Waals surface area contributed by atoms with Crippen LogP contribution in [0.25, 0.3) is 0 Å². The van der Waals surface area contributed by atoms with Crippen molar-refractivity contribution < 1.29 is 9.52 Å². The first kappa shape index (κ1) is 10.5. The standard InChI is InChI=1S/C12H14O2S/c1-8-5-11(9(2)14-8)12(13)6-10-3-4-15-7-10/h3-5,7,12-13H,6H2,1-2H3. The molecule has 2 rings (SSSR count). The largest absolute Gasteiger partial charge is 0.466 e. The Morgan fingerprint density at radius 1 is 1.47 bits per heavy atom. The van der Waals surface area contributed by atoms with Crippen LogP contribution in [0, 0.1) is 13.8 Å². The van der Waals surface area contributed by atoms with Crippen molar-refractivity contribution in [1.82, 2.24) is 0 Å². The van der Waals surface area contributed by atoms with Gasteiger partial charge in [0.25, 0.3) is 0 Å². The summed E-state index contributed by atoms with van der Waals surface area (Å²) < 4.78 is 5.40. The quantitative estimate of drug-likeness (QED) is 0.865. The molecule has 15 heavy (non-hydrogen) atoms. The number of rotatable bonds is 3. The van der Waals surface area contributed by atoms with Crippen LogP contribution in [0.15, 0.2) is 27.3 Å². The van der Waals surface area contributed by atoms with Crippen LogP contribution >= 0.6 is 11.3 Å². The molecule has 3 heteroatoms. The van der Waals surface area contributed by atoms with Gasteiger partial charge in [-0.05, 0) is 42.3 Å². The molecule has 0 saturated carbocycles. The fourth-order valence-electron chi connectivity index (χ4n) is 1.72. The molecule has 2 aromatic heterocycles. The zero-order valence-corrected chi connectivity index (χ0v) is 9.67. The van der Waals surface area contributed by atoms with E-state index in [1.165, 1.54) is 5.56 Å². The minimum absolute atomic E-state index is 0.461. The Bertz CT molecular complexity index is 428. The van der Waals surface area contributed by atoms with Crippen molar-refractivity contribution in [3.63, 3.8) is 0 Å². The van der Waals surface area contributed by atoms with Crippen molar-refractivity contribution >= 4 is 11.3 Å². The summed E-state index contributed by atoms with van der Waals surface area (Å²) >= 11 is 1.65. The molecule has 2 nitrogen and oxygen atoms in total. The first-order chi connectivity index (χ1) is 7.16. The maximum absolute atomic E-state index is 10.0. The minimum Gasteiger partial charge on any atom is -0.466 e. The van der Waals surface area contributed by atoms with Crippen LogP contribution in [0.5, 0.6) is 0 Å². The molecule has 1 N–H and O–H groups in total. The average molecular weight is 222 g/mol. The van der Waals surface area contributed by atoms with Gasteiger partial charge < -0.3 is 9.52 Å². The number of hydrogen-bond acceptors (Lipinski definition) is 3. The summed E-state index contributed by atoms with van der Waals surface area (Å²) in [6.45, 7) is 3.78. The van der Waals surface area contributed by atoms with E-state index >= 15 is 0 Å². The maximum atomic E-state index is 10.0. The third-order valence-corrected chi connectivity index (χ3v) is 3.18. The van der Waals surface area contributed by atoms with Crippen LogP contribution in [0.4, 0.5) is 0 Å². The predicted octanol–water partition coefficient (Wildman–Crippen LogP) is 3.23. The van der Waals surface area contributed by atoms with Crippen molar-refractivity contribution in [2.24, 2.45) is 0 Å². The highest BCUT2D eigenvalue weighted by molar-refractivity contribution is 7.07. The predicted molar refractivity (Wildman–Crippen MR) is 61.2 cm³/mol. The van der Waals surface area contributed by atoms with Gasteiger partial charge in [-0.15, -0.1) is 0 Å². The topological polar surface area (TPSA) is 33.4 Å². The van der Waals surface area contributed by atoms with Crippen molar-refractivity contribution in [2.45, 2.75) is 26.4 Å². The van der Waals surface area contributed by atoms with Crippen LogP contribution in [0.3, 0.4) is 0 Å². The lowest BCUT2D eigenvalue weighted by atomic mass is 10.0. The second kappa shape index (κ2) is 4.21. The molecule has 0 fully saturated rings. The monoisotopic (exact) mass is 222 g/mol. The molecular weight excluding hydrogens is 208 g/mol. The van der Waals surface area contributed by atoms with E-state index in [-0.39, 0.29) is 0 Å². The molecule has 2 aromatic rings. The zero-order chi connectivity index (χ0) is 10.8. The maximum Gasteiger partial charge on any atom is 0.106 e. The van der Waals surface area contributed by atoms with E-state index in [9.17, 15) is 5.11 Å². The van der Waals surface area contributed by atoms with Crippen LogP contribution in [0.2, 0.25) is 0 Å². The third kappa shape index (κ3) is 2.30. The Labute approximate surface area is 93.2 Å². The normalized spacial score (nSPS) is 13.0. The lowest BCUT2D eigenvalue weighted by Gasteiger charge is -2.07. The van der Waals surface area contributed by atoms with Gasteiger partial charge in [-0.1, -0.05) is 0 Å². The number of aliphatic hydroxyl groups is 1. The van der Waals surface area contributed by atoms with Crippen LogP contribution < -0.4 is 0 Å². The van der Waals surface area contributed by atoms with Crippen LogP contribution in [-0.4, -0.2) is 5.11 Å².